The van der Waals surface area contributed by atoms with Gasteiger partial charge in [-0.25, -0.2) is 14.2 Å². The number of benzene rings is 1. The molecule has 5 nitrogen and oxygen atoms in total. The molecule has 0 aliphatic carbocycles. The van der Waals surface area contributed by atoms with E-state index in [1.807, 2.05) is 17.8 Å². The third-order valence-electron chi connectivity index (χ3n) is 2.79. The monoisotopic (exact) mass is 341 g/mol. The first kappa shape index (κ1) is 14.5. The number of nitrogens with zero attached hydrogens (tertiary/aromatic N) is 2. The second-order valence-electron chi connectivity index (χ2n) is 4.19. The van der Waals surface area contributed by atoms with Crippen LogP contribution in [0.5, 0.6) is 0 Å². The van der Waals surface area contributed by atoms with Gasteiger partial charge in [-0.15, -0.1) is 0 Å². The topological polar surface area (TPSA) is 70.1 Å². The van der Waals surface area contributed by atoms with Crippen LogP contribution >= 0.6 is 15.9 Å². The predicted molar refractivity (Wildman–Crippen MR) is 75.7 cm³/mol. The van der Waals surface area contributed by atoms with Gasteiger partial charge in [0.15, 0.2) is 0 Å². The van der Waals surface area contributed by atoms with Crippen LogP contribution in [0, 0.1) is 5.82 Å². The van der Waals surface area contributed by atoms with Gasteiger partial charge in [0.05, 0.1) is 17.9 Å². The fraction of sp³-hybridized carbons (Fsp3) is 0.231. The average molecular weight is 342 g/mol. The Balaban J connectivity index is 1.99. The minimum atomic E-state index is -0.582. The van der Waals surface area contributed by atoms with Gasteiger partial charge in [-0.1, -0.05) is 0 Å². The van der Waals surface area contributed by atoms with Crippen LogP contribution in [0.25, 0.3) is 0 Å². The Bertz CT molecular complexity index is 643. The summed E-state index contributed by atoms with van der Waals surface area (Å²) in [5.74, 6) is -0.324. The number of halogens is 2. The average Bonchev–Trinajstić information content (AvgIpc) is 2.79. The quantitative estimate of drug-likeness (QED) is 0.684. The second kappa shape index (κ2) is 6.04. The number of aryl methyl sites for hydroxylation is 1. The summed E-state index contributed by atoms with van der Waals surface area (Å²) in [6.07, 6.45) is 3.99. The van der Waals surface area contributed by atoms with Crippen LogP contribution in [0.1, 0.15) is 16.2 Å². The van der Waals surface area contributed by atoms with Gasteiger partial charge in [0, 0.05) is 30.3 Å². The van der Waals surface area contributed by atoms with Crippen LogP contribution in [-0.4, -0.2) is 22.1 Å². The number of aromatic nitrogens is 2. The number of esters is 1. The zero-order valence-electron chi connectivity index (χ0n) is 10.8. The number of rotatable bonds is 4. The molecule has 0 unspecified atom stereocenters. The van der Waals surface area contributed by atoms with Crippen LogP contribution in [0.4, 0.5) is 10.1 Å². The molecule has 0 saturated heterocycles. The highest BCUT2D eigenvalue weighted by Crippen LogP contribution is 2.23. The highest BCUT2D eigenvalue weighted by Gasteiger charge is 2.15. The largest absolute Gasteiger partial charge is 0.462 e. The molecule has 0 radical (unpaired) electrons. The maximum Gasteiger partial charge on any atom is 0.339 e. The van der Waals surface area contributed by atoms with Gasteiger partial charge >= 0.3 is 5.97 Å². The number of imidazole rings is 1. The molecule has 0 atom stereocenters. The Morgan fingerprint density at radius 1 is 1.55 bits per heavy atom. The zero-order chi connectivity index (χ0) is 14.7. The number of carbonyl (C=O) groups is 1. The van der Waals surface area contributed by atoms with Crippen LogP contribution in [0.2, 0.25) is 0 Å². The number of hydrogen-bond donors (Lipinski definition) is 1. The van der Waals surface area contributed by atoms with E-state index in [2.05, 4.69) is 20.9 Å². The molecule has 0 amide bonds. The van der Waals surface area contributed by atoms with E-state index >= 15 is 0 Å². The number of anilines is 1. The van der Waals surface area contributed by atoms with Crippen molar-refractivity contribution >= 4 is 27.6 Å². The molecule has 0 bridgehead atoms. The first-order valence-corrected chi connectivity index (χ1v) is 6.66. The summed E-state index contributed by atoms with van der Waals surface area (Å²) < 4.78 is 20.5. The Morgan fingerprint density at radius 2 is 2.30 bits per heavy atom. The summed E-state index contributed by atoms with van der Waals surface area (Å²) in [5.41, 5.74) is 5.54. The van der Waals surface area contributed by atoms with Gasteiger partial charge in [-0.2, -0.15) is 0 Å². The standard InChI is InChI=1S/C13H13BrFN3O2/c1-18-4-3-17-12(18)2-5-20-13(19)8-6-11(16)10(15)7-9(8)14/h3-4,6-7H,2,5,16H2,1H3. The Morgan fingerprint density at radius 3 is 2.95 bits per heavy atom. The van der Waals surface area contributed by atoms with Crippen molar-refractivity contribution in [3.05, 3.63) is 46.2 Å². The van der Waals surface area contributed by atoms with Crippen molar-refractivity contribution in [1.82, 2.24) is 9.55 Å². The minimum absolute atomic E-state index is 0.0933. The molecule has 2 rings (SSSR count). The molecular weight excluding hydrogens is 329 g/mol. The molecule has 7 heteroatoms. The molecule has 2 N–H and O–H groups in total. The van der Waals surface area contributed by atoms with Crippen LogP contribution in [0.3, 0.4) is 0 Å². The number of hydrogen-bond acceptors (Lipinski definition) is 4. The molecule has 1 aromatic heterocycles. The minimum Gasteiger partial charge on any atom is -0.462 e. The van der Waals surface area contributed by atoms with Crippen molar-refractivity contribution in [2.45, 2.75) is 6.42 Å². The van der Waals surface area contributed by atoms with Gasteiger partial charge in [-0.05, 0) is 28.1 Å². The van der Waals surface area contributed by atoms with E-state index < -0.39 is 11.8 Å². The fourth-order valence-electron chi connectivity index (χ4n) is 1.67. The summed E-state index contributed by atoms with van der Waals surface area (Å²) >= 11 is 3.11. The zero-order valence-corrected chi connectivity index (χ0v) is 12.4. The second-order valence-corrected chi connectivity index (χ2v) is 5.05. The third-order valence-corrected chi connectivity index (χ3v) is 3.44. The first-order chi connectivity index (χ1) is 9.49. The number of nitrogen functional groups attached to an aromatic ring is 1. The van der Waals surface area contributed by atoms with Crippen LogP contribution in [-0.2, 0) is 18.2 Å². The lowest BCUT2D eigenvalue weighted by molar-refractivity contribution is 0.0506. The SMILES string of the molecule is Cn1ccnc1CCOC(=O)c1cc(N)c(F)cc1Br. The Labute approximate surface area is 123 Å². The van der Waals surface area contributed by atoms with Crippen molar-refractivity contribution in [3.8, 4) is 0 Å². The fourth-order valence-corrected chi connectivity index (χ4v) is 2.15. The lowest BCUT2D eigenvalue weighted by Crippen LogP contribution is -2.11. The van der Waals surface area contributed by atoms with Gasteiger partial charge < -0.3 is 15.0 Å². The molecule has 1 aromatic carbocycles. The lowest BCUT2D eigenvalue weighted by atomic mass is 10.2. The summed E-state index contributed by atoms with van der Waals surface area (Å²) in [5, 5.41) is 0. The van der Waals surface area contributed by atoms with E-state index in [4.69, 9.17) is 10.5 Å². The maximum absolute atomic E-state index is 13.2. The van der Waals surface area contributed by atoms with Crippen molar-refractivity contribution in [1.29, 1.82) is 0 Å². The van der Waals surface area contributed by atoms with Gasteiger partial charge in [0.25, 0.3) is 0 Å². The van der Waals surface area contributed by atoms with Crippen molar-refractivity contribution in [2.75, 3.05) is 12.3 Å². The molecule has 20 heavy (non-hydrogen) atoms. The molecule has 0 aliphatic heterocycles. The van der Waals surface area contributed by atoms with Crippen molar-refractivity contribution in [3.63, 3.8) is 0 Å². The molecule has 0 aliphatic rings. The molecule has 1 heterocycles. The lowest BCUT2D eigenvalue weighted by Gasteiger charge is -2.08. The van der Waals surface area contributed by atoms with E-state index in [0.29, 0.717) is 10.9 Å². The van der Waals surface area contributed by atoms with E-state index in [-0.39, 0.29) is 17.9 Å². The molecular formula is C13H13BrFN3O2. The van der Waals surface area contributed by atoms with E-state index in [0.717, 1.165) is 11.9 Å². The van der Waals surface area contributed by atoms with E-state index in [9.17, 15) is 9.18 Å². The molecule has 0 spiro atoms. The number of carbonyl (C=O) groups excluding carboxylic acids is 1. The van der Waals surface area contributed by atoms with Gasteiger partial charge in [0.1, 0.15) is 11.6 Å². The molecule has 0 saturated carbocycles. The number of nitrogens with two attached hydrogens (primary N) is 1. The van der Waals surface area contributed by atoms with Crippen molar-refractivity contribution < 1.29 is 13.9 Å². The van der Waals surface area contributed by atoms with E-state index in [1.54, 1.807) is 6.20 Å². The maximum atomic E-state index is 13.2. The Kier molecular flexibility index (Phi) is 4.39. The smallest absolute Gasteiger partial charge is 0.339 e. The van der Waals surface area contributed by atoms with Crippen LogP contribution < -0.4 is 5.73 Å². The Hall–Kier alpha value is -1.89. The third kappa shape index (κ3) is 3.16. The summed E-state index contributed by atoms with van der Waals surface area (Å²) in [4.78, 5) is 16.0. The van der Waals surface area contributed by atoms with Gasteiger partial charge in [-0.3, -0.25) is 0 Å². The summed E-state index contributed by atoms with van der Waals surface area (Å²) in [7, 11) is 1.86. The molecule has 2 aromatic rings. The summed E-state index contributed by atoms with van der Waals surface area (Å²) in [6.45, 7) is 0.188. The highest BCUT2D eigenvalue weighted by molar-refractivity contribution is 9.10. The molecule has 106 valence electrons. The van der Waals surface area contributed by atoms with E-state index in [1.165, 1.54) is 6.07 Å². The van der Waals surface area contributed by atoms with Crippen LogP contribution in [0.15, 0.2) is 29.0 Å². The van der Waals surface area contributed by atoms with Crippen molar-refractivity contribution in [2.24, 2.45) is 7.05 Å². The highest BCUT2D eigenvalue weighted by atomic mass is 79.9. The van der Waals surface area contributed by atoms with Gasteiger partial charge in [0.2, 0.25) is 0 Å². The number of ether oxygens (including phenoxy) is 1. The predicted octanol–water partition coefficient (Wildman–Crippen LogP) is 2.30. The first-order valence-electron chi connectivity index (χ1n) is 5.87. The summed E-state index contributed by atoms with van der Waals surface area (Å²) in [6, 6.07) is 2.40. The normalized spacial score (nSPS) is 10.6. The molecule has 0 fully saturated rings.